The highest BCUT2D eigenvalue weighted by Gasteiger charge is 2.29. The number of anilines is 1. The Balaban J connectivity index is 1.63. The van der Waals surface area contributed by atoms with Crippen molar-refractivity contribution in [3.05, 3.63) is 42.1 Å². The van der Waals surface area contributed by atoms with Crippen molar-refractivity contribution < 1.29 is 9.53 Å². The predicted octanol–water partition coefficient (Wildman–Crippen LogP) is 2.81. The lowest BCUT2D eigenvalue weighted by Crippen LogP contribution is -2.33. The number of carbonyl (C=O) groups is 1. The van der Waals surface area contributed by atoms with Crippen molar-refractivity contribution in [2.75, 3.05) is 18.1 Å². The van der Waals surface area contributed by atoms with Gasteiger partial charge in [-0.2, -0.15) is 10.3 Å². The van der Waals surface area contributed by atoms with Gasteiger partial charge < -0.3 is 9.64 Å². The zero-order valence-electron chi connectivity index (χ0n) is 14.0. The molecule has 1 saturated carbocycles. The Hall–Kier alpha value is -2.96. The van der Waals surface area contributed by atoms with Crippen molar-refractivity contribution in [2.45, 2.75) is 19.8 Å². The first kappa shape index (κ1) is 15.6. The predicted molar refractivity (Wildman–Crippen MR) is 93.7 cm³/mol. The van der Waals surface area contributed by atoms with Gasteiger partial charge in [0.05, 0.1) is 6.61 Å². The maximum absolute atomic E-state index is 13.1. The Kier molecular flexibility index (Phi) is 4.05. The molecule has 0 aliphatic heterocycles. The summed E-state index contributed by atoms with van der Waals surface area (Å²) in [7, 11) is 0. The summed E-state index contributed by atoms with van der Waals surface area (Å²) in [6, 6.07) is 11.1. The van der Waals surface area contributed by atoms with Gasteiger partial charge in [-0.05, 0) is 62.1 Å². The summed E-state index contributed by atoms with van der Waals surface area (Å²) in [4.78, 5) is 19.2. The maximum atomic E-state index is 13.1. The largest absolute Gasteiger partial charge is 0.494 e. The highest BCUT2D eigenvalue weighted by Crippen LogP contribution is 2.32. The number of aromatic amines is 1. The van der Waals surface area contributed by atoms with E-state index in [1.807, 2.05) is 31.2 Å². The van der Waals surface area contributed by atoms with Crippen LogP contribution in [0.1, 0.15) is 30.3 Å². The van der Waals surface area contributed by atoms with E-state index in [1.54, 1.807) is 17.0 Å². The van der Waals surface area contributed by atoms with Crippen molar-refractivity contribution in [1.82, 2.24) is 20.4 Å². The van der Waals surface area contributed by atoms with Crippen LogP contribution in [-0.2, 0) is 0 Å². The van der Waals surface area contributed by atoms with E-state index < -0.39 is 0 Å². The Morgan fingerprint density at radius 2 is 2.00 bits per heavy atom. The fourth-order valence-corrected chi connectivity index (χ4v) is 2.75. The minimum absolute atomic E-state index is 0.124. The molecule has 7 heteroatoms. The number of benzene rings is 1. The third-order valence-corrected chi connectivity index (χ3v) is 4.24. The van der Waals surface area contributed by atoms with E-state index in [2.05, 4.69) is 20.4 Å². The fraction of sp³-hybridized carbons (Fsp3) is 0.333. The minimum Gasteiger partial charge on any atom is -0.494 e. The molecule has 128 valence electrons. The molecule has 1 aromatic carbocycles. The second-order valence-electron chi connectivity index (χ2n) is 6.15. The number of nitrogens with one attached hydrogen (secondary N) is 1. The number of nitrogens with zero attached hydrogens (tertiary/aromatic N) is 4. The van der Waals surface area contributed by atoms with E-state index in [1.165, 1.54) is 0 Å². The molecule has 0 spiro atoms. The van der Waals surface area contributed by atoms with E-state index in [9.17, 15) is 4.79 Å². The van der Waals surface area contributed by atoms with E-state index in [-0.39, 0.29) is 5.91 Å². The van der Waals surface area contributed by atoms with Crippen LogP contribution in [0.15, 0.2) is 36.4 Å². The van der Waals surface area contributed by atoms with Crippen LogP contribution in [0.4, 0.5) is 5.69 Å². The van der Waals surface area contributed by atoms with E-state index >= 15 is 0 Å². The van der Waals surface area contributed by atoms with Gasteiger partial charge >= 0.3 is 0 Å². The Labute approximate surface area is 145 Å². The summed E-state index contributed by atoms with van der Waals surface area (Å²) in [5.74, 6) is 1.24. The molecule has 0 atom stereocenters. The number of aromatic nitrogens is 4. The minimum atomic E-state index is -0.124. The summed E-state index contributed by atoms with van der Waals surface area (Å²) in [5, 5.41) is 10.5. The summed E-state index contributed by atoms with van der Waals surface area (Å²) < 4.78 is 5.48. The SMILES string of the molecule is CCOc1ccc(N(CC2CC2)C(=O)c2ccc3n[nH]nc3n2)cc1. The zero-order chi connectivity index (χ0) is 17.2. The molecule has 1 fully saturated rings. The summed E-state index contributed by atoms with van der Waals surface area (Å²) in [6.45, 7) is 3.26. The number of pyridine rings is 1. The molecule has 4 rings (SSSR count). The number of hydrogen-bond donors (Lipinski definition) is 1. The second kappa shape index (κ2) is 6.51. The van der Waals surface area contributed by atoms with Gasteiger partial charge in [-0.15, -0.1) is 5.10 Å². The number of ether oxygens (including phenoxy) is 1. The van der Waals surface area contributed by atoms with Crippen molar-refractivity contribution >= 4 is 22.8 Å². The van der Waals surface area contributed by atoms with E-state index in [4.69, 9.17) is 4.74 Å². The lowest BCUT2D eigenvalue weighted by Gasteiger charge is -2.22. The molecule has 1 aliphatic rings. The van der Waals surface area contributed by atoms with Gasteiger partial charge in [-0.1, -0.05) is 0 Å². The Bertz CT molecular complexity index is 886. The fourth-order valence-electron chi connectivity index (χ4n) is 2.75. The molecule has 0 bridgehead atoms. The first-order chi connectivity index (χ1) is 12.2. The van der Waals surface area contributed by atoms with Crippen LogP contribution in [0, 0.1) is 5.92 Å². The molecule has 0 saturated heterocycles. The monoisotopic (exact) mass is 337 g/mol. The van der Waals surface area contributed by atoms with Gasteiger partial charge in [0.2, 0.25) is 5.65 Å². The molecular weight excluding hydrogens is 318 g/mol. The van der Waals surface area contributed by atoms with Gasteiger partial charge in [0, 0.05) is 12.2 Å². The maximum Gasteiger partial charge on any atom is 0.276 e. The number of carbonyl (C=O) groups excluding carboxylic acids is 1. The number of rotatable bonds is 6. The van der Waals surface area contributed by atoms with Crippen LogP contribution in [0.25, 0.3) is 11.2 Å². The molecule has 25 heavy (non-hydrogen) atoms. The standard InChI is InChI=1S/C18H19N5O2/c1-2-25-14-7-5-13(6-8-14)23(11-12-3-4-12)18(24)16-10-9-15-17(19-16)21-22-20-15/h5-10,12H,2-4,11H2,1H3,(H,19,20,21,22). The van der Waals surface area contributed by atoms with Gasteiger partial charge in [0.25, 0.3) is 5.91 Å². The average Bonchev–Trinajstić information content (AvgIpc) is 3.34. The molecule has 2 heterocycles. The lowest BCUT2D eigenvalue weighted by molar-refractivity contribution is 0.0981. The first-order valence-electron chi connectivity index (χ1n) is 8.47. The van der Waals surface area contributed by atoms with Crippen molar-refractivity contribution in [2.24, 2.45) is 5.92 Å². The number of amides is 1. The smallest absolute Gasteiger partial charge is 0.276 e. The van der Waals surface area contributed by atoms with Gasteiger partial charge in [-0.3, -0.25) is 4.79 Å². The Morgan fingerprint density at radius 3 is 2.72 bits per heavy atom. The average molecular weight is 337 g/mol. The van der Waals surface area contributed by atoms with Gasteiger partial charge in [-0.25, -0.2) is 4.98 Å². The van der Waals surface area contributed by atoms with Crippen molar-refractivity contribution in [3.63, 3.8) is 0 Å². The quantitative estimate of drug-likeness (QED) is 0.748. The molecule has 1 aliphatic carbocycles. The van der Waals surface area contributed by atoms with Crippen LogP contribution >= 0.6 is 0 Å². The van der Waals surface area contributed by atoms with Crippen LogP contribution in [0.3, 0.4) is 0 Å². The first-order valence-corrected chi connectivity index (χ1v) is 8.47. The molecular formula is C18H19N5O2. The van der Waals surface area contributed by atoms with Crippen molar-refractivity contribution in [1.29, 1.82) is 0 Å². The van der Waals surface area contributed by atoms with Gasteiger partial charge in [0.1, 0.15) is 17.0 Å². The van der Waals surface area contributed by atoms with Gasteiger partial charge in [0.15, 0.2) is 0 Å². The molecule has 7 nitrogen and oxygen atoms in total. The highest BCUT2D eigenvalue weighted by atomic mass is 16.5. The normalized spacial score (nSPS) is 13.8. The third kappa shape index (κ3) is 3.31. The highest BCUT2D eigenvalue weighted by molar-refractivity contribution is 6.05. The van der Waals surface area contributed by atoms with E-state index in [0.717, 1.165) is 24.3 Å². The van der Waals surface area contributed by atoms with Crippen LogP contribution in [-0.4, -0.2) is 39.5 Å². The zero-order valence-corrected chi connectivity index (χ0v) is 14.0. The summed E-state index contributed by atoms with van der Waals surface area (Å²) in [5.41, 5.74) is 2.31. The molecule has 3 aromatic rings. The van der Waals surface area contributed by atoms with Crippen LogP contribution < -0.4 is 9.64 Å². The Morgan fingerprint density at radius 1 is 1.20 bits per heavy atom. The number of H-pyrrole nitrogens is 1. The summed E-state index contributed by atoms with van der Waals surface area (Å²) >= 11 is 0. The molecule has 2 aromatic heterocycles. The lowest BCUT2D eigenvalue weighted by atomic mass is 10.2. The number of hydrogen-bond acceptors (Lipinski definition) is 5. The topological polar surface area (TPSA) is 84.0 Å². The van der Waals surface area contributed by atoms with Crippen molar-refractivity contribution in [3.8, 4) is 5.75 Å². The third-order valence-electron chi connectivity index (χ3n) is 4.24. The van der Waals surface area contributed by atoms with E-state index in [0.29, 0.717) is 35.9 Å². The second-order valence-corrected chi connectivity index (χ2v) is 6.15. The summed E-state index contributed by atoms with van der Waals surface area (Å²) in [6.07, 6.45) is 2.33. The molecule has 1 N–H and O–H groups in total. The van der Waals surface area contributed by atoms with Crippen LogP contribution in [0.5, 0.6) is 5.75 Å². The molecule has 0 unspecified atom stereocenters. The molecule has 1 amide bonds. The van der Waals surface area contributed by atoms with Crippen LogP contribution in [0.2, 0.25) is 0 Å². The number of fused-ring (bicyclic) bond motifs is 1. The molecule has 0 radical (unpaired) electrons.